The predicted molar refractivity (Wildman–Crippen MR) is 106 cm³/mol. The number of hydrogen-bond donors (Lipinski definition) is 1. The van der Waals surface area contributed by atoms with Crippen LogP contribution in [-0.4, -0.2) is 62.8 Å². The summed E-state index contributed by atoms with van der Waals surface area (Å²) < 4.78 is 27.6. The number of halogens is 1. The van der Waals surface area contributed by atoms with Crippen LogP contribution in [0.3, 0.4) is 0 Å². The first-order valence-corrected chi connectivity index (χ1v) is 11.2. The van der Waals surface area contributed by atoms with Gasteiger partial charge < -0.3 is 10.2 Å². The Labute approximate surface area is 166 Å². The highest BCUT2D eigenvalue weighted by atomic mass is 35.5. The van der Waals surface area contributed by atoms with Crippen molar-refractivity contribution in [1.29, 1.82) is 0 Å². The van der Waals surface area contributed by atoms with Crippen LogP contribution in [0.15, 0.2) is 16.3 Å². The third kappa shape index (κ3) is 4.59. The van der Waals surface area contributed by atoms with Gasteiger partial charge in [0.15, 0.2) is 0 Å². The summed E-state index contributed by atoms with van der Waals surface area (Å²) in [5.74, 6) is -0.140. The molecule has 26 heavy (non-hydrogen) atoms. The van der Waals surface area contributed by atoms with Crippen LogP contribution in [-0.2, 0) is 14.8 Å². The molecular weight excluding hydrogens is 394 g/mol. The van der Waals surface area contributed by atoms with E-state index < -0.39 is 10.0 Å². The first-order valence-electron chi connectivity index (χ1n) is 8.93. The minimum absolute atomic E-state index is 0. The van der Waals surface area contributed by atoms with Crippen LogP contribution in [0.25, 0.3) is 0 Å². The molecule has 0 saturated carbocycles. The number of carbonyl (C=O) groups is 1. The van der Waals surface area contributed by atoms with Crippen LogP contribution in [0.2, 0.25) is 0 Å². The number of amides is 1. The van der Waals surface area contributed by atoms with Gasteiger partial charge in [-0.3, -0.25) is 4.79 Å². The molecule has 2 fully saturated rings. The van der Waals surface area contributed by atoms with Gasteiger partial charge in [0.05, 0.1) is 5.92 Å². The predicted octanol–water partition coefficient (Wildman–Crippen LogP) is 2.09. The van der Waals surface area contributed by atoms with Gasteiger partial charge >= 0.3 is 0 Å². The standard InChI is InChI=1S/C17H27N3O3S2.ClH/c1-13-5-6-16(24-13)25(22,23)20-11-3-4-14(12-20)17(21)19(2)15-7-9-18-10-8-15;/h5-6,14-15,18H,3-4,7-12H2,1-2H3;1H. The Balaban J connectivity index is 0.00000243. The molecule has 2 aliphatic rings. The quantitative estimate of drug-likeness (QED) is 0.808. The fourth-order valence-electron chi connectivity index (χ4n) is 3.70. The van der Waals surface area contributed by atoms with E-state index in [4.69, 9.17) is 0 Å². The Morgan fingerprint density at radius 3 is 2.58 bits per heavy atom. The van der Waals surface area contributed by atoms with E-state index in [0.29, 0.717) is 17.3 Å². The minimum Gasteiger partial charge on any atom is -0.342 e. The van der Waals surface area contributed by atoms with E-state index in [1.54, 1.807) is 6.07 Å². The molecule has 0 aromatic carbocycles. The van der Waals surface area contributed by atoms with Crippen molar-refractivity contribution in [3.8, 4) is 0 Å². The van der Waals surface area contributed by atoms with Crippen LogP contribution in [0.4, 0.5) is 0 Å². The number of piperidine rings is 2. The molecule has 6 nitrogen and oxygen atoms in total. The Bertz CT molecular complexity index is 717. The molecule has 1 aromatic rings. The van der Waals surface area contributed by atoms with Gasteiger partial charge in [0.25, 0.3) is 10.0 Å². The summed E-state index contributed by atoms with van der Waals surface area (Å²) in [6.45, 7) is 4.57. The summed E-state index contributed by atoms with van der Waals surface area (Å²) >= 11 is 1.30. The van der Waals surface area contributed by atoms with E-state index in [1.807, 2.05) is 24.9 Å². The number of sulfonamides is 1. The Hall–Kier alpha value is -0.670. The van der Waals surface area contributed by atoms with Crippen molar-refractivity contribution in [2.24, 2.45) is 5.92 Å². The maximum absolute atomic E-state index is 12.9. The maximum atomic E-state index is 12.9. The molecule has 0 radical (unpaired) electrons. The van der Waals surface area contributed by atoms with Gasteiger partial charge in [0, 0.05) is 31.1 Å². The second-order valence-corrected chi connectivity index (χ2v) is 10.5. The average molecular weight is 422 g/mol. The molecule has 9 heteroatoms. The minimum atomic E-state index is -3.49. The molecule has 0 bridgehead atoms. The van der Waals surface area contributed by atoms with Crippen molar-refractivity contribution in [2.45, 2.75) is 42.9 Å². The topological polar surface area (TPSA) is 69.7 Å². The van der Waals surface area contributed by atoms with Gasteiger partial charge in [-0.1, -0.05) is 0 Å². The van der Waals surface area contributed by atoms with E-state index in [2.05, 4.69) is 5.32 Å². The van der Waals surface area contributed by atoms with E-state index in [1.165, 1.54) is 15.6 Å². The molecule has 0 aliphatic carbocycles. The van der Waals surface area contributed by atoms with Crippen LogP contribution in [0.1, 0.15) is 30.6 Å². The SMILES string of the molecule is Cc1ccc(S(=O)(=O)N2CCCC(C(=O)N(C)C3CCNCC3)C2)s1.Cl. The molecule has 1 N–H and O–H groups in total. The molecule has 3 heterocycles. The van der Waals surface area contributed by atoms with Crippen molar-refractivity contribution < 1.29 is 13.2 Å². The molecule has 2 aliphatic heterocycles. The summed E-state index contributed by atoms with van der Waals surface area (Å²) in [5, 5.41) is 3.31. The van der Waals surface area contributed by atoms with Crippen molar-refractivity contribution in [3.05, 3.63) is 17.0 Å². The van der Waals surface area contributed by atoms with Crippen molar-refractivity contribution in [3.63, 3.8) is 0 Å². The number of nitrogens with zero attached hydrogens (tertiary/aromatic N) is 2. The summed E-state index contributed by atoms with van der Waals surface area (Å²) in [5.41, 5.74) is 0. The number of thiophene rings is 1. The lowest BCUT2D eigenvalue weighted by Gasteiger charge is -2.37. The molecule has 1 amide bonds. The van der Waals surface area contributed by atoms with E-state index >= 15 is 0 Å². The number of rotatable bonds is 4. The van der Waals surface area contributed by atoms with Crippen molar-refractivity contribution >= 4 is 39.7 Å². The van der Waals surface area contributed by atoms with Crippen LogP contribution in [0, 0.1) is 12.8 Å². The molecule has 2 saturated heterocycles. The molecule has 1 unspecified atom stereocenters. The number of nitrogens with one attached hydrogen (secondary N) is 1. The summed E-state index contributed by atoms with van der Waals surface area (Å²) in [7, 11) is -1.62. The molecular formula is C17H28ClN3O3S2. The van der Waals surface area contributed by atoms with E-state index in [9.17, 15) is 13.2 Å². The summed E-state index contributed by atoms with van der Waals surface area (Å²) in [4.78, 5) is 15.7. The highest BCUT2D eigenvalue weighted by Gasteiger charge is 2.36. The first-order chi connectivity index (χ1) is 11.9. The van der Waals surface area contributed by atoms with Gasteiger partial charge in [-0.2, -0.15) is 4.31 Å². The van der Waals surface area contributed by atoms with Crippen LogP contribution in [0.5, 0.6) is 0 Å². The highest BCUT2D eigenvalue weighted by Crippen LogP contribution is 2.29. The molecule has 1 atom stereocenters. The summed E-state index contributed by atoms with van der Waals surface area (Å²) in [6.07, 6.45) is 3.43. The Morgan fingerprint density at radius 1 is 1.27 bits per heavy atom. The summed E-state index contributed by atoms with van der Waals surface area (Å²) in [6, 6.07) is 3.76. The smallest absolute Gasteiger partial charge is 0.252 e. The normalized spacial score (nSPS) is 22.6. The molecule has 148 valence electrons. The lowest BCUT2D eigenvalue weighted by atomic mass is 9.96. The van der Waals surface area contributed by atoms with Gasteiger partial charge in [0.2, 0.25) is 5.91 Å². The first kappa shape index (κ1) is 21.6. The Morgan fingerprint density at radius 2 is 1.96 bits per heavy atom. The third-order valence-electron chi connectivity index (χ3n) is 5.25. The van der Waals surface area contributed by atoms with Crippen molar-refractivity contribution in [2.75, 3.05) is 33.2 Å². The monoisotopic (exact) mass is 421 g/mol. The fraction of sp³-hybridized carbons (Fsp3) is 0.706. The van der Waals surface area contributed by atoms with Crippen molar-refractivity contribution in [1.82, 2.24) is 14.5 Å². The fourth-order valence-corrected chi connectivity index (χ4v) is 6.66. The van der Waals surface area contributed by atoms with E-state index in [-0.39, 0.29) is 30.3 Å². The van der Waals surface area contributed by atoms with Gasteiger partial charge in [-0.25, -0.2) is 8.42 Å². The molecule has 1 aromatic heterocycles. The third-order valence-corrected chi connectivity index (χ3v) is 8.58. The lowest BCUT2D eigenvalue weighted by Crippen LogP contribution is -2.50. The zero-order valence-corrected chi connectivity index (χ0v) is 17.8. The number of hydrogen-bond acceptors (Lipinski definition) is 5. The second kappa shape index (κ2) is 9.01. The lowest BCUT2D eigenvalue weighted by molar-refractivity contribution is -0.138. The molecule has 0 spiro atoms. The van der Waals surface area contributed by atoms with Gasteiger partial charge in [-0.15, -0.1) is 23.7 Å². The van der Waals surface area contributed by atoms with Crippen LogP contribution < -0.4 is 5.32 Å². The van der Waals surface area contributed by atoms with Gasteiger partial charge in [-0.05, 0) is 57.8 Å². The largest absolute Gasteiger partial charge is 0.342 e. The molecule has 3 rings (SSSR count). The Kier molecular flexibility index (Phi) is 7.50. The van der Waals surface area contributed by atoms with E-state index in [0.717, 1.165) is 43.6 Å². The number of carbonyl (C=O) groups excluding carboxylic acids is 1. The number of aryl methyl sites for hydroxylation is 1. The highest BCUT2D eigenvalue weighted by molar-refractivity contribution is 7.91. The average Bonchev–Trinajstić information content (AvgIpc) is 3.08. The zero-order chi connectivity index (χ0) is 18.0. The van der Waals surface area contributed by atoms with Crippen LogP contribution >= 0.6 is 23.7 Å². The maximum Gasteiger partial charge on any atom is 0.252 e. The van der Waals surface area contributed by atoms with Gasteiger partial charge in [0.1, 0.15) is 4.21 Å². The zero-order valence-electron chi connectivity index (χ0n) is 15.3. The second-order valence-electron chi connectivity index (χ2n) is 7.00.